The van der Waals surface area contributed by atoms with Crippen molar-refractivity contribution in [2.24, 2.45) is 0 Å². The first-order chi connectivity index (χ1) is 9.22. The van der Waals surface area contributed by atoms with Crippen molar-refractivity contribution in [3.8, 4) is 22.8 Å². The summed E-state index contributed by atoms with van der Waals surface area (Å²) in [6.07, 6.45) is 5.02. The van der Waals surface area contributed by atoms with E-state index in [9.17, 15) is 10.2 Å². The summed E-state index contributed by atoms with van der Waals surface area (Å²) in [5.74, 6) is -0.223. The van der Waals surface area contributed by atoms with Gasteiger partial charge in [-0.2, -0.15) is 0 Å². The number of benzene rings is 1. The summed E-state index contributed by atoms with van der Waals surface area (Å²) in [6.45, 7) is 0. The number of hydrogen-bond acceptors (Lipinski definition) is 5. The summed E-state index contributed by atoms with van der Waals surface area (Å²) in [6, 6.07) is 5.31. The van der Waals surface area contributed by atoms with E-state index in [0.29, 0.717) is 6.04 Å². The Labute approximate surface area is 115 Å². The molecule has 2 aromatic rings. The average molecular weight is 276 g/mol. The quantitative estimate of drug-likeness (QED) is 0.750. The lowest BCUT2D eigenvalue weighted by Gasteiger charge is -2.09. The smallest absolute Gasteiger partial charge is 0.183 e. The molecule has 0 atom stereocenters. The highest BCUT2D eigenvalue weighted by Gasteiger charge is 2.16. The van der Waals surface area contributed by atoms with Crippen LogP contribution in [0.3, 0.4) is 0 Å². The second-order valence-corrected chi connectivity index (χ2v) is 5.73. The first kappa shape index (κ1) is 12.3. The number of hydrogen-bond donors (Lipinski definition) is 3. The normalized spacial score (nSPS) is 15.8. The van der Waals surface area contributed by atoms with Gasteiger partial charge in [0.2, 0.25) is 0 Å². The lowest BCUT2D eigenvalue weighted by molar-refractivity contribution is 0.404. The molecule has 1 fully saturated rings. The van der Waals surface area contributed by atoms with E-state index in [4.69, 9.17) is 0 Å². The summed E-state index contributed by atoms with van der Waals surface area (Å²) in [4.78, 5) is 4.53. The van der Waals surface area contributed by atoms with E-state index >= 15 is 0 Å². The highest BCUT2D eigenvalue weighted by Crippen LogP contribution is 2.32. The third-order valence-corrected chi connectivity index (χ3v) is 4.23. The van der Waals surface area contributed by atoms with Crippen LogP contribution in [0.1, 0.15) is 25.7 Å². The van der Waals surface area contributed by atoms with Gasteiger partial charge in [0.15, 0.2) is 16.6 Å². The lowest BCUT2D eigenvalue weighted by Crippen LogP contribution is -2.13. The number of phenols is 2. The van der Waals surface area contributed by atoms with Crippen LogP contribution in [0, 0.1) is 0 Å². The highest BCUT2D eigenvalue weighted by molar-refractivity contribution is 7.14. The predicted octanol–water partition coefficient (Wildman–Crippen LogP) is 3.58. The first-order valence-corrected chi connectivity index (χ1v) is 7.35. The lowest BCUT2D eigenvalue weighted by atomic mass is 10.1. The Kier molecular flexibility index (Phi) is 3.29. The van der Waals surface area contributed by atoms with Crippen LogP contribution in [-0.2, 0) is 0 Å². The molecular formula is C14H16N2O2S. The number of rotatable bonds is 3. The maximum Gasteiger partial charge on any atom is 0.183 e. The van der Waals surface area contributed by atoms with E-state index in [-0.39, 0.29) is 11.5 Å². The Bertz CT molecular complexity index is 577. The SMILES string of the molecule is Oc1ccc(-c2csc(NC3CCCC3)n2)cc1O. The Balaban J connectivity index is 1.78. The first-order valence-electron chi connectivity index (χ1n) is 6.47. The van der Waals surface area contributed by atoms with Crippen molar-refractivity contribution >= 4 is 16.5 Å². The Morgan fingerprint density at radius 1 is 1.16 bits per heavy atom. The molecule has 0 radical (unpaired) electrons. The van der Waals surface area contributed by atoms with Gasteiger partial charge >= 0.3 is 0 Å². The molecule has 0 saturated heterocycles. The van der Waals surface area contributed by atoms with Gasteiger partial charge in [-0.05, 0) is 31.0 Å². The molecule has 1 aliphatic carbocycles. The largest absolute Gasteiger partial charge is 0.504 e. The molecule has 1 aromatic carbocycles. The molecule has 19 heavy (non-hydrogen) atoms. The second kappa shape index (κ2) is 5.09. The van der Waals surface area contributed by atoms with Crippen LogP contribution in [0.25, 0.3) is 11.3 Å². The molecule has 0 spiro atoms. The van der Waals surface area contributed by atoms with Crippen LogP contribution in [-0.4, -0.2) is 21.2 Å². The summed E-state index contributed by atoms with van der Waals surface area (Å²) in [7, 11) is 0. The van der Waals surface area contributed by atoms with Crippen molar-refractivity contribution in [3.63, 3.8) is 0 Å². The van der Waals surface area contributed by atoms with Gasteiger partial charge in [0.25, 0.3) is 0 Å². The molecule has 0 amide bonds. The number of thiazole rings is 1. The molecule has 1 saturated carbocycles. The third-order valence-electron chi connectivity index (χ3n) is 3.46. The van der Waals surface area contributed by atoms with Crippen molar-refractivity contribution < 1.29 is 10.2 Å². The maximum absolute atomic E-state index is 9.51. The summed E-state index contributed by atoms with van der Waals surface area (Å²) < 4.78 is 0. The van der Waals surface area contributed by atoms with E-state index < -0.39 is 0 Å². The van der Waals surface area contributed by atoms with Crippen molar-refractivity contribution in [2.45, 2.75) is 31.7 Å². The summed E-state index contributed by atoms with van der Waals surface area (Å²) in [5.41, 5.74) is 1.63. The molecule has 0 aliphatic heterocycles. The Morgan fingerprint density at radius 2 is 1.95 bits per heavy atom. The van der Waals surface area contributed by atoms with Crippen LogP contribution in [0.4, 0.5) is 5.13 Å². The van der Waals surface area contributed by atoms with Gasteiger partial charge in [-0.3, -0.25) is 0 Å². The van der Waals surface area contributed by atoms with Crippen molar-refractivity contribution in [2.75, 3.05) is 5.32 Å². The molecule has 0 unspecified atom stereocenters. The van der Waals surface area contributed by atoms with Gasteiger partial charge in [-0.25, -0.2) is 4.98 Å². The number of phenolic OH excluding ortho intramolecular Hbond substituents is 2. The minimum Gasteiger partial charge on any atom is -0.504 e. The van der Waals surface area contributed by atoms with Crippen molar-refractivity contribution in [3.05, 3.63) is 23.6 Å². The van der Waals surface area contributed by atoms with E-state index in [1.807, 2.05) is 5.38 Å². The Morgan fingerprint density at radius 3 is 2.68 bits per heavy atom. The van der Waals surface area contributed by atoms with Gasteiger partial charge in [0.05, 0.1) is 5.69 Å². The van der Waals surface area contributed by atoms with Crippen LogP contribution in [0.15, 0.2) is 23.6 Å². The molecule has 3 rings (SSSR count). The Hall–Kier alpha value is -1.75. The van der Waals surface area contributed by atoms with Crippen LogP contribution < -0.4 is 5.32 Å². The van der Waals surface area contributed by atoms with Crippen LogP contribution in [0.5, 0.6) is 11.5 Å². The maximum atomic E-state index is 9.51. The van der Waals surface area contributed by atoms with Gasteiger partial charge in [-0.15, -0.1) is 11.3 Å². The topological polar surface area (TPSA) is 65.4 Å². The molecule has 3 N–H and O–H groups in total. The molecule has 0 bridgehead atoms. The van der Waals surface area contributed by atoms with E-state index in [2.05, 4.69) is 10.3 Å². The molecule has 1 aromatic heterocycles. The van der Waals surface area contributed by atoms with Gasteiger partial charge < -0.3 is 15.5 Å². The molecular weight excluding hydrogens is 260 g/mol. The van der Waals surface area contributed by atoms with Crippen molar-refractivity contribution in [1.82, 2.24) is 4.98 Å². The van der Waals surface area contributed by atoms with Crippen LogP contribution >= 0.6 is 11.3 Å². The highest BCUT2D eigenvalue weighted by atomic mass is 32.1. The zero-order chi connectivity index (χ0) is 13.2. The van der Waals surface area contributed by atoms with E-state index in [0.717, 1.165) is 16.4 Å². The van der Waals surface area contributed by atoms with Crippen molar-refractivity contribution in [1.29, 1.82) is 0 Å². The van der Waals surface area contributed by atoms with Gasteiger partial charge in [0, 0.05) is 17.0 Å². The van der Waals surface area contributed by atoms with Gasteiger partial charge in [0.1, 0.15) is 0 Å². The monoisotopic (exact) mass is 276 g/mol. The van der Waals surface area contributed by atoms with E-state index in [1.165, 1.54) is 37.8 Å². The minimum atomic E-state index is -0.115. The standard InChI is InChI=1S/C14H16N2O2S/c17-12-6-5-9(7-13(12)18)11-8-19-14(16-11)15-10-3-1-2-4-10/h5-8,10,17-18H,1-4H2,(H,15,16). The molecule has 4 nitrogen and oxygen atoms in total. The molecule has 5 heteroatoms. The zero-order valence-corrected chi connectivity index (χ0v) is 11.3. The second-order valence-electron chi connectivity index (χ2n) is 4.87. The van der Waals surface area contributed by atoms with Crippen LogP contribution in [0.2, 0.25) is 0 Å². The zero-order valence-electron chi connectivity index (χ0n) is 10.5. The summed E-state index contributed by atoms with van der Waals surface area (Å²) >= 11 is 1.57. The molecule has 100 valence electrons. The third kappa shape index (κ3) is 2.66. The number of nitrogens with zero attached hydrogens (tertiary/aromatic N) is 1. The fraction of sp³-hybridized carbons (Fsp3) is 0.357. The number of aromatic nitrogens is 1. The summed E-state index contributed by atoms with van der Waals surface area (Å²) in [5, 5.41) is 25.2. The molecule has 1 aliphatic rings. The number of anilines is 1. The van der Waals surface area contributed by atoms with Gasteiger partial charge in [-0.1, -0.05) is 12.8 Å². The fourth-order valence-electron chi connectivity index (χ4n) is 2.40. The fourth-order valence-corrected chi connectivity index (χ4v) is 3.20. The van der Waals surface area contributed by atoms with E-state index in [1.54, 1.807) is 17.4 Å². The minimum absolute atomic E-state index is 0.108. The molecule has 1 heterocycles. The number of aromatic hydroxyl groups is 2. The predicted molar refractivity (Wildman–Crippen MR) is 76.8 cm³/mol. The number of nitrogens with one attached hydrogen (secondary N) is 1. The average Bonchev–Trinajstić information content (AvgIpc) is 3.05.